The van der Waals surface area contributed by atoms with Gasteiger partial charge in [0.15, 0.2) is 0 Å². The fourth-order valence-electron chi connectivity index (χ4n) is 1.04. The van der Waals surface area contributed by atoms with E-state index in [2.05, 4.69) is 34.0 Å². The second-order valence-electron chi connectivity index (χ2n) is 2.63. The number of alkyl halides is 1. The molecule has 0 bridgehead atoms. The predicted molar refractivity (Wildman–Crippen MR) is 56.5 cm³/mol. The maximum absolute atomic E-state index is 5.24. The van der Waals surface area contributed by atoms with Crippen molar-refractivity contribution in [2.24, 2.45) is 0 Å². The summed E-state index contributed by atoms with van der Waals surface area (Å²) in [5, 5.41) is 1.06. The van der Waals surface area contributed by atoms with Crippen LogP contribution < -0.4 is 0 Å². The molecule has 0 saturated carbocycles. The molecule has 0 fully saturated rings. The molecule has 0 nitrogen and oxygen atoms in total. The summed E-state index contributed by atoms with van der Waals surface area (Å²) >= 11 is 3.40. The summed E-state index contributed by atoms with van der Waals surface area (Å²) in [6.45, 7) is 0. The van der Waals surface area contributed by atoms with Gasteiger partial charge >= 0.3 is 0 Å². The van der Waals surface area contributed by atoms with Gasteiger partial charge in [0.1, 0.15) is 0 Å². The molecule has 0 aliphatic rings. The molecule has 0 spiro atoms. The van der Waals surface area contributed by atoms with E-state index in [1.54, 1.807) is 0 Å². The molecule has 1 heteroatoms. The number of rotatable bonds is 3. The SMILES string of the molecule is C#Cc1ccc(CCCBr)cc1. The maximum atomic E-state index is 5.24. The molecule has 0 heterocycles. The number of terminal acetylenes is 1. The lowest BCUT2D eigenvalue weighted by molar-refractivity contribution is 0.939. The molecule has 0 N–H and O–H groups in total. The Kier molecular flexibility index (Phi) is 3.90. The van der Waals surface area contributed by atoms with Crippen LogP contribution >= 0.6 is 15.9 Å². The Labute approximate surface area is 82.1 Å². The molecule has 12 heavy (non-hydrogen) atoms. The average molecular weight is 223 g/mol. The molecule has 1 rings (SSSR count). The highest BCUT2D eigenvalue weighted by molar-refractivity contribution is 9.09. The van der Waals surface area contributed by atoms with Crippen molar-refractivity contribution >= 4 is 15.9 Å². The maximum Gasteiger partial charge on any atom is 0.0242 e. The Morgan fingerprint density at radius 1 is 1.25 bits per heavy atom. The molecule has 0 radical (unpaired) electrons. The van der Waals surface area contributed by atoms with Gasteiger partial charge in [0, 0.05) is 10.9 Å². The quantitative estimate of drug-likeness (QED) is 0.545. The van der Waals surface area contributed by atoms with Gasteiger partial charge < -0.3 is 0 Å². The van der Waals surface area contributed by atoms with E-state index in [1.807, 2.05) is 12.1 Å². The van der Waals surface area contributed by atoms with Gasteiger partial charge in [-0.3, -0.25) is 0 Å². The van der Waals surface area contributed by atoms with Crippen LogP contribution in [0.5, 0.6) is 0 Å². The van der Waals surface area contributed by atoms with Gasteiger partial charge in [-0.1, -0.05) is 34.0 Å². The summed E-state index contributed by atoms with van der Waals surface area (Å²) in [6, 6.07) is 8.17. The zero-order chi connectivity index (χ0) is 8.81. The van der Waals surface area contributed by atoms with Gasteiger partial charge in [-0.15, -0.1) is 6.42 Å². The van der Waals surface area contributed by atoms with Crippen molar-refractivity contribution in [1.29, 1.82) is 0 Å². The smallest absolute Gasteiger partial charge is 0.0242 e. The fourth-order valence-corrected chi connectivity index (χ4v) is 1.32. The minimum Gasteiger partial charge on any atom is -0.115 e. The second-order valence-corrected chi connectivity index (χ2v) is 3.43. The summed E-state index contributed by atoms with van der Waals surface area (Å²) in [7, 11) is 0. The highest BCUT2D eigenvalue weighted by Gasteiger charge is 1.91. The minimum absolute atomic E-state index is 0.956. The minimum atomic E-state index is 0.956. The Morgan fingerprint density at radius 2 is 1.92 bits per heavy atom. The Balaban J connectivity index is 2.60. The molecule has 0 saturated heterocycles. The van der Waals surface area contributed by atoms with Crippen molar-refractivity contribution < 1.29 is 0 Å². The zero-order valence-corrected chi connectivity index (χ0v) is 8.47. The van der Waals surface area contributed by atoms with Crippen LogP contribution in [0.2, 0.25) is 0 Å². The first-order chi connectivity index (χ1) is 5.86. The van der Waals surface area contributed by atoms with E-state index in [-0.39, 0.29) is 0 Å². The number of hydrogen-bond acceptors (Lipinski definition) is 0. The van der Waals surface area contributed by atoms with E-state index >= 15 is 0 Å². The third-order valence-electron chi connectivity index (χ3n) is 1.72. The van der Waals surface area contributed by atoms with Crippen LogP contribution in [0.15, 0.2) is 24.3 Å². The molecule has 0 atom stereocenters. The summed E-state index contributed by atoms with van der Waals surface area (Å²) in [5.41, 5.74) is 2.31. The van der Waals surface area contributed by atoms with E-state index in [0.717, 1.165) is 17.3 Å². The van der Waals surface area contributed by atoms with Crippen molar-refractivity contribution in [1.82, 2.24) is 0 Å². The summed E-state index contributed by atoms with van der Waals surface area (Å²) in [4.78, 5) is 0. The third-order valence-corrected chi connectivity index (χ3v) is 2.28. The lowest BCUT2D eigenvalue weighted by Crippen LogP contribution is -1.85. The predicted octanol–water partition coefficient (Wildman–Crippen LogP) is 3.00. The first-order valence-electron chi connectivity index (χ1n) is 3.98. The van der Waals surface area contributed by atoms with E-state index in [9.17, 15) is 0 Å². The van der Waals surface area contributed by atoms with E-state index in [1.165, 1.54) is 12.0 Å². The average Bonchev–Trinajstić information content (AvgIpc) is 2.15. The van der Waals surface area contributed by atoms with Crippen molar-refractivity contribution in [2.75, 3.05) is 5.33 Å². The lowest BCUT2D eigenvalue weighted by Gasteiger charge is -1.98. The van der Waals surface area contributed by atoms with Crippen molar-refractivity contribution in [3.05, 3.63) is 35.4 Å². The topological polar surface area (TPSA) is 0 Å². The zero-order valence-electron chi connectivity index (χ0n) is 6.89. The van der Waals surface area contributed by atoms with Crippen LogP contribution in [-0.4, -0.2) is 5.33 Å². The van der Waals surface area contributed by atoms with Gasteiger partial charge in [0.25, 0.3) is 0 Å². The van der Waals surface area contributed by atoms with Gasteiger partial charge in [-0.2, -0.15) is 0 Å². The number of benzene rings is 1. The van der Waals surface area contributed by atoms with E-state index < -0.39 is 0 Å². The van der Waals surface area contributed by atoms with Crippen LogP contribution in [0.1, 0.15) is 17.5 Å². The summed E-state index contributed by atoms with van der Waals surface area (Å²) in [6.07, 6.45) is 7.54. The Morgan fingerprint density at radius 3 is 2.42 bits per heavy atom. The Hall–Kier alpha value is -0.740. The van der Waals surface area contributed by atoms with E-state index in [0.29, 0.717) is 0 Å². The largest absolute Gasteiger partial charge is 0.115 e. The van der Waals surface area contributed by atoms with Crippen LogP contribution in [0.4, 0.5) is 0 Å². The summed E-state index contributed by atoms with van der Waals surface area (Å²) in [5.74, 6) is 2.60. The van der Waals surface area contributed by atoms with Crippen LogP contribution in [-0.2, 0) is 6.42 Å². The first kappa shape index (κ1) is 9.35. The highest BCUT2D eigenvalue weighted by atomic mass is 79.9. The van der Waals surface area contributed by atoms with Gasteiger partial charge in [0.2, 0.25) is 0 Å². The summed E-state index contributed by atoms with van der Waals surface area (Å²) < 4.78 is 0. The first-order valence-corrected chi connectivity index (χ1v) is 5.10. The molecule has 1 aromatic carbocycles. The van der Waals surface area contributed by atoms with Gasteiger partial charge in [-0.25, -0.2) is 0 Å². The van der Waals surface area contributed by atoms with Crippen molar-refractivity contribution in [3.8, 4) is 12.3 Å². The monoisotopic (exact) mass is 222 g/mol. The fraction of sp³-hybridized carbons (Fsp3) is 0.273. The second kappa shape index (κ2) is 5.00. The molecule has 0 aromatic heterocycles. The van der Waals surface area contributed by atoms with Crippen LogP contribution in [0.3, 0.4) is 0 Å². The highest BCUT2D eigenvalue weighted by Crippen LogP contribution is 2.06. The number of hydrogen-bond donors (Lipinski definition) is 0. The molecular weight excluding hydrogens is 212 g/mol. The normalized spacial score (nSPS) is 9.33. The molecule has 1 aromatic rings. The molecular formula is C11H11Br. The molecule has 0 unspecified atom stereocenters. The standard InChI is InChI=1S/C11H11Br/c1-2-10-5-7-11(8-6-10)4-3-9-12/h1,5-8H,3-4,9H2. The van der Waals surface area contributed by atoms with Crippen LogP contribution in [0, 0.1) is 12.3 Å². The molecule has 0 aliphatic carbocycles. The van der Waals surface area contributed by atoms with Crippen LogP contribution in [0.25, 0.3) is 0 Å². The van der Waals surface area contributed by atoms with Crippen molar-refractivity contribution in [3.63, 3.8) is 0 Å². The number of aryl methyl sites for hydroxylation is 1. The molecule has 0 aliphatic heterocycles. The lowest BCUT2D eigenvalue weighted by atomic mass is 10.1. The molecule has 62 valence electrons. The van der Waals surface area contributed by atoms with Crippen molar-refractivity contribution in [2.45, 2.75) is 12.8 Å². The van der Waals surface area contributed by atoms with Gasteiger partial charge in [-0.05, 0) is 30.5 Å². The number of halogens is 1. The van der Waals surface area contributed by atoms with Gasteiger partial charge in [0.05, 0.1) is 0 Å². The molecule has 0 amide bonds. The Bertz CT molecular complexity index is 266. The van der Waals surface area contributed by atoms with E-state index in [4.69, 9.17) is 6.42 Å². The third kappa shape index (κ3) is 2.71.